The van der Waals surface area contributed by atoms with Crippen LogP contribution in [0.3, 0.4) is 0 Å². The van der Waals surface area contributed by atoms with E-state index in [4.69, 9.17) is 9.47 Å². The number of hydrogen-bond donors (Lipinski definition) is 1. The lowest BCUT2D eigenvalue weighted by atomic mass is 9.81. The Morgan fingerprint density at radius 1 is 1.00 bits per heavy atom. The van der Waals surface area contributed by atoms with Crippen LogP contribution in [-0.2, 0) is 28.7 Å². The smallest absolute Gasteiger partial charge is 0.338 e. The SMILES string of the molecule is CCCCOC(=O)c1ccc(NC(=O)COC(=O)CCN2C(=O)[C@@H]3[C@H]4CC[C@@H](C4)[C@H]3C2=O)cc1. The van der Waals surface area contributed by atoms with Gasteiger partial charge in [0.25, 0.3) is 5.91 Å². The quantitative estimate of drug-likeness (QED) is 0.317. The van der Waals surface area contributed by atoms with E-state index in [2.05, 4.69) is 5.32 Å². The summed E-state index contributed by atoms with van der Waals surface area (Å²) in [5.41, 5.74) is 0.823. The second-order valence-electron chi connectivity index (χ2n) is 9.24. The normalized spacial score (nSPS) is 24.8. The Morgan fingerprint density at radius 2 is 1.65 bits per heavy atom. The monoisotopic (exact) mass is 470 g/mol. The number of nitrogens with zero attached hydrogens (tertiary/aromatic N) is 1. The molecule has 1 saturated heterocycles. The summed E-state index contributed by atoms with van der Waals surface area (Å²) < 4.78 is 10.1. The van der Waals surface area contributed by atoms with Gasteiger partial charge in [-0.25, -0.2) is 4.79 Å². The highest BCUT2D eigenvalue weighted by Gasteiger charge is 2.60. The molecule has 2 aliphatic carbocycles. The van der Waals surface area contributed by atoms with Crippen LogP contribution in [0.4, 0.5) is 5.69 Å². The summed E-state index contributed by atoms with van der Waals surface area (Å²) >= 11 is 0. The molecule has 3 fully saturated rings. The van der Waals surface area contributed by atoms with Crippen molar-refractivity contribution in [2.75, 3.05) is 25.1 Å². The van der Waals surface area contributed by atoms with Crippen LogP contribution in [0.2, 0.25) is 0 Å². The van der Waals surface area contributed by atoms with Crippen molar-refractivity contribution in [1.82, 2.24) is 4.90 Å². The van der Waals surface area contributed by atoms with E-state index in [1.54, 1.807) is 24.3 Å². The van der Waals surface area contributed by atoms with E-state index >= 15 is 0 Å². The van der Waals surface area contributed by atoms with Gasteiger partial charge in [0.15, 0.2) is 6.61 Å². The first-order chi connectivity index (χ1) is 16.4. The van der Waals surface area contributed by atoms with Gasteiger partial charge in [-0.05, 0) is 61.8 Å². The van der Waals surface area contributed by atoms with E-state index < -0.39 is 24.5 Å². The molecule has 34 heavy (non-hydrogen) atoms. The zero-order valence-corrected chi connectivity index (χ0v) is 19.3. The summed E-state index contributed by atoms with van der Waals surface area (Å²) in [4.78, 5) is 62.6. The zero-order valence-electron chi connectivity index (χ0n) is 19.3. The predicted molar refractivity (Wildman–Crippen MR) is 120 cm³/mol. The first-order valence-corrected chi connectivity index (χ1v) is 12.0. The molecule has 4 rings (SSSR count). The molecule has 1 aromatic carbocycles. The number of nitrogens with one attached hydrogen (secondary N) is 1. The van der Waals surface area contributed by atoms with Crippen molar-refractivity contribution < 1.29 is 33.4 Å². The molecular weight excluding hydrogens is 440 g/mol. The highest BCUT2D eigenvalue weighted by molar-refractivity contribution is 6.06. The molecule has 3 amide bonds. The first-order valence-electron chi connectivity index (χ1n) is 12.0. The van der Waals surface area contributed by atoms with Crippen molar-refractivity contribution in [2.24, 2.45) is 23.7 Å². The summed E-state index contributed by atoms with van der Waals surface area (Å²) in [6.07, 6.45) is 4.55. The number of anilines is 1. The number of rotatable bonds is 10. The molecule has 4 atom stereocenters. The second kappa shape index (κ2) is 10.4. The second-order valence-corrected chi connectivity index (χ2v) is 9.24. The Bertz CT molecular complexity index is 946. The van der Waals surface area contributed by atoms with Gasteiger partial charge >= 0.3 is 11.9 Å². The highest BCUT2D eigenvalue weighted by Crippen LogP contribution is 2.56. The number of ether oxygens (including phenoxy) is 2. The zero-order chi connectivity index (χ0) is 24.2. The number of benzene rings is 1. The lowest BCUT2D eigenvalue weighted by Gasteiger charge is -2.19. The predicted octanol–water partition coefficient (Wildman–Crippen LogP) is 2.55. The van der Waals surface area contributed by atoms with Gasteiger partial charge in [-0.15, -0.1) is 0 Å². The van der Waals surface area contributed by atoms with Gasteiger partial charge in [-0.2, -0.15) is 0 Å². The van der Waals surface area contributed by atoms with Gasteiger partial charge in [0.2, 0.25) is 11.8 Å². The van der Waals surface area contributed by atoms with Crippen LogP contribution in [0.15, 0.2) is 24.3 Å². The summed E-state index contributed by atoms with van der Waals surface area (Å²) in [5.74, 6) is -1.76. The number of carbonyl (C=O) groups is 5. The number of hydrogen-bond acceptors (Lipinski definition) is 7. The maximum Gasteiger partial charge on any atom is 0.338 e. The Hall–Kier alpha value is -3.23. The standard InChI is InChI=1S/C25H30N2O7/c1-2-3-12-33-25(32)15-6-8-18(9-7-15)26-19(28)14-34-20(29)10-11-27-23(30)21-16-4-5-17(13-16)22(21)24(27)31/h6-9,16-17,21-22H,2-5,10-14H2,1H3,(H,26,28)/t16-,17-,21+,22+/m0/s1. The molecule has 2 saturated carbocycles. The fourth-order valence-electron chi connectivity index (χ4n) is 5.39. The highest BCUT2D eigenvalue weighted by atomic mass is 16.5. The fraction of sp³-hybridized carbons (Fsp3) is 0.560. The lowest BCUT2D eigenvalue weighted by Crippen LogP contribution is -2.35. The summed E-state index contributed by atoms with van der Waals surface area (Å²) in [7, 11) is 0. The van der Waals surface area contributed by atoms with E-state index in [1.807, 2.05) is 6.92 Å². The van der Waals surface area contributed by atoms with Crippen molar-refractivity contribution in [1.29, 1.82) is 0 Å². The molecule has 0 aromatic heterocycles. The third-order valence-corrected chi connectivity index (χ3v) is 7.06. The van der Waals surface area contributed by atoms with E-state index in [9.17, 15) is 24.0 Å². The summed E-state index contributed by atoms with van der Waals surface area (Å²) in [5, 5.41) is 2.58. The third-order valence-electron chi connectivity index (χ3n) is 7.06. The number of likely N-dealkylation sites (tertiary alicyclic amines) is 1. The van der Waals surface area contributed by atoms with Crippen LogP contribution in [0.5, 0.6) is 0 Å². The fourth-order valence-corrected chi connectivity index (χ4v) is 5.39. The number of esters is 2. The van der Waals surface area contributed by atoms with Crippen LogP contribution in [0.1, 0.15) is 55.8 Å². The van der Waals surface area contributed by atoms with Crippen molar-refractivity contribution in [3.63, 3.8) is 0 Å². The van der Waals surface area contributed by atoms with E-state index in [0.717, 1.165) is 32.1 Å². The third kappa shape index (κ3) is 4.98. The molecule has 182 valence electrons. The van der Waals surface area contributed by atoms with Gasteiger partial charge < -0.3 is 14.8 Å². The maximum atomic E-state index is 12.7. The van der Waals surface area contributed by atoms with Crippen LogP contribution in [-0.4, -0.2) is 54.3 Å². The number of fused-ring (bicyclic) bond motifs is 5. The molecule has 1 aliphatic heterocycles. The Kier molecular flexibility index (Phi) is 7.29. The molecular formula is C25H30N2O7. The topological polar surface area (TPSA) is 119 Å². The van der Waals surface area contributed by atoms with Crippen LogP contribution >= 0.6 is 0 Å². The van der Waals surface area contributed by atoms with Crippen molar-refractivity contribution >= 4 is 35.3 Å². The average molecular weight is 471 g/mol. The molecule has 0 spiro atoms. The minimum Gasteiger partial charge on any atom is -0.462 e. The van der Waals surface area contributed by atoms with Crippen molar-refractivity contribution in [2.45, 2.75) is 45.4 Å². The van der Waals surface area contributed by atoms with Crippen LogP contribution in [0.25, 0.3) is 0 Å². The first kappa shape index (κ1) is 23.9. The maximum absolute atomic E-state index is 12.7. The van der Waals surface area contributed by atoms with Crippen molar-refractivity contribution in [3.05, 3.63) is 29.8 Å². The van der Waals surface area contributed by atoms with E-state index in [0.29, 0.717) is 29.7 Å². The molecule has 9 nitrogen and oxygen atoms in total. The van der Waals surface area contributed by atoms with Crippen LogP contribution in [0, 0.1) is 23.7 Å². The van der Waals surface area contributed by atoms with Gasteiger partial charge in [-0.3, -0.25) is 24.1 Å². The van der Waals surface area contributed by atoms with E-state index in [-0.39, 0.29) is 36.6 Å². The van der Waals surface area contributed by atoms with Crippen molar-refractivity contribution in [3.8, 4) is 0 Å². The van der Waals surface area contributed by atoms with E-state index in [1.165, 1.54) is 4.90 Å². The lowest BCUT2D eigenvalue weighted by molar-refractivity contribution is -0.149. The molecule has 1 N–H and O–H groups in total. The van der Waals surface area contributed by atoms with Crippen LogP contribution < -0.4 is 5.32 Å². The Morgan fingerprint density at radius 3 is 2.26 bits per heavy atom. The molecule has 1 heterocycles. The van der Waals surface area contributed by atoms with Gasteiger partial charge in [0.1, 0.15) is 0 Å². The average Bonchev–Trinajstić information content (AvgIpc) is 3.51. The number of carbonyl (C=O) groups excluding carboxylic acids is 5. The Balaban J connectivity index is 1.17. The number of imide groups is 1. The molecule has 3 aliphatic rings. The van der Waals surface area contributed by atoms with Gasteiger partial charge in [0, 0.05) is 12.2 Å². The van der Waals surface area contributed by atoms with Gasteiger partial charge in [-0.1, -0.05) is 13.3 Å². The minimum atomic E-state index is -0.652. The summed E-state index contributed by atoms with van der Waals surface area (Å²) in [6.45, 7) is 1.86. The molecule has 2 bridgehead atoms. The largest absolute Gasteiger partial charge is 0.462 e. The molecule has 9 heteroatoms. The molecule has 0 radical (unpaired) electrons. The minimum absolute atomic E-state index is 0.0135. The Labute approximate surface area is 198 Å². The number of unbranched alkanes of at least 4 members (excludes halogenated alkanes) is 1. The molecule has 0 unspecified atom stereocenters. The summed E-state index contributed by atoms with van der Waals surface area (Å²) in [6, 6.07) is 6.21. The number of amides is 3. The molecule has 1 aromatic rings. The van der Waals surface area contributed by atoms with Gasteiger partial charge in [0.05, 0.1) is 30.4 Å².